The third kappa shape index (κ3) is 1.79. The summed E-state index contributed by atoms with van der Waals surface area (Å²) < 4.78 is 19.9. The van der Waals surface area contributed by atoms with Gasteiger partial charge in [-0.1, -0.05) is 32.0 Å². The van der Waals surface area contributed by atoms with Crippen LogP contribution in [-0.4, -0.2) is 24.7 Å². The summed E-state index contributed by atoms with van der Waals surface area (Å²) in [6.45, 7) is 5.07. The zero-order chi connectivity index (χ0) is 15.5. The van der Waals surface area contributed by atoms with E-state index in [2.05, 4.69) is 19.2 Å². The summed E-state index contributed by atoms with van der Waals surface area (Å²) in [6.07, 6.45) is 2.72. The highest BCUT2D eigenvalue weighted by atomic mass is 19.1. The van der Waals surface area contributed by atoms with Crippen LogP contribution in [-0.2, 0) is 14.9 Å². The van der Waals surface area contributed by atoms with Gasteiger partial charge in [-0.15, -0.1) is 0 Å². The normalized spacial score (nSPS) is 33.7. The molecule has 3 atom stereocenters. The lowest BCUT2D eigenvalue weighted by Crippen LogP contribution is -2.67. The van der Waals surface area contributed by atoms with Gasteiger partial charge in [-0.25, -0.2) is 4.39 Å². The molecule has 2 saturated carbocycles. The highest BCUT2D eigenvalue weighted by Gasteiger charge is 2.62. The van der Waals surface area contributed by atoms with E-state index < -0.39 is 5.41 Å². The maximum absolute atomic E-state index is 14.1. The minimum absolute atomic E-state index is 0.0129. The molecular weight excluding hydrogens is 281 g/mol. The van der Waals surface area contributed by atoms with Crippen molar-refractivity contribution in [3.05, 3.63) is 35.6 Å². The number of rotatable bonds is 3. The molecule has 0 bridgehead atoms. The average molecular weight is 303 g/mol. The minimum Gasteiger partial charge on any atom is -0.377 e. The summed E-state index contributed by atoms with van der Waals surface area (Å²) in [5, 5.41) is 3.22. The van der Waals surface area contributed by atoms with Crippen molar-refractivity contribution in [2.24, 2.45) is 11.3 Å². The van der Waals surface area contributed by atoms with Crippen LogP contribution < -0.4 is 5.32 Å². The van der Waals surface area contributed by atoms with E-state index in [0.717, 1.165) is 25.9 Å². The van der Waals surface area contributed by atoms with Crippen molar-refractivity contribution < 1.29 is 13.9 Å². The predicted octanol–water partition coefficient (Wildman–Crippen LogP) is 2.79. The van der Waals surface area contributed by atoms with Gasteiger partial charge in [0, 0.05) is 29.5 Å². The highest BCUT2D eigenvalue weighted by Crippen LogP contribution is 2.54. The Labute approximate surface area is 130 Å². The first-order valence-corrected chi connectivity index (χ1v) is 8.14. The summed E-state index contributed by atoms with van der Waals surface area (Å²) in [5.41, 5.74) is -0.141. The number of hydrogen-bond donors (Lipinski definition) is 1. The fraction of sp³-hybridized carbons (Fsp3) is 0.611. The Bertz CT molecular complexity index is 623. The van der Waals surface area contributed by atoms with Gasteiger partial charge in [0.25, 0.3) is 0 Å². The molecule has 3 fully saturated rings. The Morgan fingerprint density at radius 1 is 1.32 bits per heavy atom. The number of hydrogen-bond acceptors (Lipinski definition) is 2. The monoisotopic (exact) mass is 303 g/mol. The molecule has 0 radical (unpaired) electrons. The van der Waals surface area contributed by atoms with Gasteiger partial charge in [0.1, 0.15) is 5.82 Å². The molecule has 3 aliphatic rings. The van der Waals surface area contributed by atoms with Crippen LogP contribution in [0.1, 0.15) is 38.7 Å². The molecule has 1 amide bonds. The van der Waals surface area contributed by atoms with Gasteiger partial charge in [-0.2, -0.15) is 0 Å². The lowest BCUT2D eigenvalue weighted by molar-refractivity contribution is -0.139. The summed E-state index contributed by atoms with van der Waals surface area (Å²) >= 11 is 0. The van der Waals surface area contributed by atoms with Crippen LogP contribution in [0.2, 0.25) is 0 Å². The summed E-state index contributed by atoms with van der Waals surface area (Å²) in [6, 6.07) is 6.80. The summed E-state index contributed by atoms with van der Waals surface area (Å²) in [7, 11) is 0. The molecule has 0 spiro atoms. The van der Waals surface area contributed by atoms with Gasteiger partial charge in [0.2, 0.25) is 5.91 Å². The van der Waals surface area contributed by atoms with Gasteiger partial charge in [0.05, 0.1) is 11.5 Å². The third-order valence-electron chi connectivity index (χ3n) is 5.96. The quantitative estimate of drug-likeness (QED) is 0.932. The first-order valence-electron chi connectivity index (χ1n) is 8.14. The van der Waals surface area contributed by atoms with Crippen LogP contribution in [0.3, 0.4) is 0 Å². The maximum atomic E-state index is 14.1. The van der Waals surface area contributed by atoms with Crippen LogP contribution in [0.15, 0.2) is 24.3 Å². The average Bonchev–Trinajstić information content (AvgIpc) is 3.16. The first-order chi connectivity index (χ1) is 10.5. The molecule has 2 aliphatic carbocycles. The highest BCUT2D eigenvalue weighted by molar-refractivity contribution is 5.91. The van der Waals surface area contributed by atoms with Crippen LogP contribution in [0.4, 0.5) is 4.39 Å². The van der Waals surface area contributed by atoms with E-state index in [1.54, 1.807) is 18.2 Å². The molecule has 118 valence electrons. The number of ether oxygens (including phenoxy) is 1. The largest absolute Gasteiger partial charge is 0.377 e. The first kappa shape index (κ1) is 14.2. The second-order valence-corrected chi connectivity index (χ2v) is 7.58. The van der Waals surface area contributed by atoms with Crippen molar-refractivity contribution in [3.63, 3.8) is 0 Å². The zero-order valence-electron chi connectivity index (χ0n) is 13.1. The zero-order valence-corrected chi connectivity index (χ0v) is 13.1. The second-order valence-electron chi connectivity index (χ2n) is 7.58. The Kier molecular flexibility index (Phi) is 2.93. The van der Waals surface area contributed by atoms with E-state index in [0.29, 0.717) is 11.5 Å². The number of nitrogens with one attached hydrogen (secondary N) is 1. The molecule has 1 aromatic rings. The van der Waals surface area contributed by atoms with E-state index >= 15 is 0 Å². The number of carbonyl (C=O) groups excluding carboxylic acids is 1. The van der Waals surface area contributed by atoms with E-state index in [1.165, 1.54) is 6.07 Å². The van der Waals surface area contributed by atoms with E-state index in [1.807, 2.05) is 0 Å². The van der Waals surface area contributed by atoms with Gasteiger partial charge in [-0.05, 0) is 25.3 Å². The molecule has 3 unspecified atom stereocenters. The van der Waals surface area contributed by atoms with Crippen LogP contribution in [0, 0.1) is 17.2 Å². The molecule has 22 heavy (non-hydrogen) atoms. The van der Waals surface area contributed by atoms with Crippen molar-refractivity contribution in [1.82, 2.24) is 5.32 Å². The summed E-state index contributed by atoms with van der Waals surface area (Å²) in [4.78, 5) is 12.8. The smallest absolute Gasteiger partial charge is 0.231 e. The molecule has 3 nitrogen and oxygen atoms in total. The Morgan fingerprint density at radius 2 is 2.05 bits per heavy atom. The molecule has 1 aliphatic heterocycles. The van der Waals surface area contributed by atoms with Gasteiger partial charge in [0.15, 0.2) is 0 Å². The number of fused-ring (bicyclic) bond motifs is 1. The number of halogens is 1. The number of amides is 1. The van der Waals surface area contributed by atoms with Gasteiger partial charge >= 0.3 is 0 Å². The fourth-order valence-corrected chi connectivity index (χ4v) is 4.49. The van der Waals surface area contributed by atoms with E-state index in [-0.39, 0.29) is 29.3 Å². The van der Waals surface area contributed by atoms with Crippen LogP contribution >= 0.6 is 0 Å². The van der Waals surface area contributed by atoms with Crippen LogP contribution in [0.25, 0.3) is 0 Å². The van der Waals surface area contributed by atoms with Crippen molar-refractivity contribution in [1.29, 1.82) is 0 Å². The molecule has 0 aromatic heterocycles. The SMILES string of the molecule is CC1(C)C(NC(=O)C2(c3ccccc3F)CC2)C2CCOC21. The Balaban J connectivity index is 1.55. The van der Waals surface area contributed by atoms with Crippen molar-refractivity contribution in [3.8, 4) is 0 Å². The Hall–Kier alpha value is -1.42. The van der Waals surface area contributed by atoms with Gasteiger partial charge in [-0.3, -0.25) is 4.79 Å². The van der Waals surface area contributed by atoms with E-state index in [4.69, 9.17) is 4.74 Å². The van der Waals surface area contributed by atoms with Gasteiger partial charge < -0.3 is 10.1 Å². The summed E-state index contributed by atoms with van der Waals surface area (Å²) in [5.74, 6) is 0.126. The molecular formula is C18H22FNO2. The van der Waals surface area contributed by atoms with Crippen molar-refractivity contribution >= 4 is 5.91 Å². The molecule has 4 heteroatoms. The minimum atomic E-state index is -0.647. The maximum Gasteiger partial charge on any atom is 0.231 e. The standard InChI is InChI=1S/C18H22FNO2/c1-17(2)14(11-7-10-22-15(11)17)20-16(21)18(8-9-18)12-5-3-4-6-13(12)19/h3-6,11,14-15H,7-10H2,1-2H3,(H,20,21). The molecule has 1 N–H and O–H groups in total. The topological polar surface area (TPSA) is 38.3 Å². The van der Waals surface area contributed by atoms with E-state index in [9.17, 15) is 9.18 Å². The lowest BCUT2D eigenvalue weighted by atomic mass is 9.57. The molecule has 1 saturated heterocycles. The van der Waals surface area contributed by atoms with Crippen molar-refractivity contribution in [2.45, 2.75) is 50.7 Å². The number of benzene rings is 1. The van der Waals surface area contributed by atoms with Crippen molar-refractivity contribution in [2.75, 3.05) is 6.61 Å². The second kappa shape index (κ2) is 4.54. The van der Waals surface area contributed by atoms with Crippen LogP contribution in [0.5, 0.6) is 0 Å². The fourth-order valence-electron chi connectivity index (χ4n) is 4.49. The Morgan fingerprint density at radius 3 is 2.73 bits per heavy atom. The molecule has 4 rings (SSSR count). The molecule has 1 aromatic carbocycles. The lowest BCUT2D eigenvalue weighted by Gasteiger charge is -2.54. The molecule has 1 heterocycles. The predicted molar refractivity (Wildman–Crippen MR) is 80.9 cm³/mol. The number of carbonyl (C=O) groups is 1. The third-order valence-corrected chi connectivity index (χ3v) is 5.96.